The van der Waals surface area contributed by atoms with Crippen LogP contribution >= 0.6 is 23.2 Å². The molecule has 186 valence electrons. The van der Waals surface area contributed by atoms with E-state index in [1.165, 1.54) is 17.7 Å². The molecule has 34 heavy (non-hydrogen) atoms. The molecule has 0 radical (unpaired) electrons. The number of halogens is 2. The Hall–Kier alpha value is -2.03. The van der Waals surface area contributed by atoms with Gasteiger partial charge in [-0.15, -0.1) is 0 Å². The van der Waals surface area contributed by atoms with Crippen LogP contribution in [0.15, 0.2) is 36.4 Å². The molecular formula is C25H33Cl2N3O4. The summed E-state index contributed by atoms with van der Waals surface area (Å²) >= 11 is 11.9. The lowest BCUT2D eigenvalue weighted by Gasteiger charge is -2.34. The number of carbonyl (C=O) groups is 1. The van der Waals surface area contributed by atoms with Crippen LogP contribution in [0.1, 0.15) is 38.7 Å². The number of phenolic OH excluding ortho intramolecular Hbond substituents is 1. The van der Waals surface area contributed by atoms with Gasteiger partial charge in [-0.1, -0.05) is 42.3 Å². The number of benzene rings is 2. The molecule has 1 aliphatic rings. The summed E-state index contributed by atoms with van der Waals surface area (Å²) in [7, 11) is 0. The van der Waals surface area contributed by atoms with Gasteiger partial charge in [-0.05, 0) is 56.6 Å². The number of aromatic hydroxyl groups is 1. The largest absolute Gasteiger partial charge is 0.506 e. The number of ether oxygens (including phenoxy) is 1. The Balaban J connectivity index is 1.46. The van der Waals surface area contributed by atoms with E-state index in [0.29, 0.717) is 18.3 Å². The summed E-state index contributed by atoms with van der Waals surface area (Å²) in [5.41, 5.74) is 0.451. The Labute approximate surface area is 211 Å². The Kier molecular flexibility index (Phi) is 9.45. The van der Waals surface area contributed by atoms with Crippen LogP contribution in [-0.4, -0.2) is 58.9 Å². The van der Waals surface area contributed by atoms with Crippen molar-refractivity contribution < 1.29 is 19.7 Å². The molecule has 1 heterocycles. The van der Waals surface area contributed by atoms with Gasteiger partial charge in [-0.25, -0.2) is 0 Å². The van der Waals surface area contributed by atoms with Gasteiger partial charge in [-0.2, -0.15) is 0 Å². The van der Waals surface area contributed by atoms with Crippen molar-refractivity contribution in [2.75, 3.05) is 31.6 Å². The first-order chi connectivity index (χ1) is 16.1. The number of piperidine rings is 1. The Morgan fingerprint density at radius 1 is 1.21 bits per heavy atom. The smallest absolute Gasteiger partial charge is 0.224 e. The van der Waals surface area contributed by atoms with Gasteiger partial charge in [0.25, 0.3) is 0 Å². The predicted octanol–water partition coefficient (Wildman–Crippen LogP) is 4.43. The number of nitrogens with zero attached hydrogens (tertiary/aromatic N) is 1. The topological polar surface area (TPSA) is 94.1 Å². The Bertz CT molecular complexity index is 961. The summed E-state index contributed by atoms with van der Waals surface area (Å²) in [6.45, 7) is 6.61. The van der Waals surface area contributed by atoms with Crippen LogP contribution in [0, 0.1) is 0 Å². The highest BCUT2D eigenvalue weighted by Gasteiger charge is 2.26. The third-order valence-electron chi connectivity index (χ3n) is 5.86. The highest BCUT2D eigenvalue weighted by molar-refractivity contribution is 6.32. The third-order valence-corrected chi connectivity index (χ3v) is 6.42. The number of aliphatic hydroxyl groups is 1. The lowest BCUT2D eigenvalue weighted by atomic mass is 10.0. The van der Waals surface area contributed by atoms with Crippen molar-refractivity contribution >= 4 is 34.8 Å². The molecule has 0 aliphatic carbocycles. The van der Waals surface area contributed by atoms with E-state index in [1.807, 2.05) is 12.1 Å². The molecule has 7 nitrogen and oxygen atoms in total. The number of rotatable bonds is 10. The minimum Gasteiger partial charge on any atom is -0.506 e. The molecule has 9 heteroatoms. The van der Waals surface area contributed by atoms with Gasteiger partial charge in [0.2, 0.25) is 5.91 Å². The fourth-order valence-electron chi connectivity index (χ4n) is 3.79. The minimum absolute atomic E-state index is 0.0223. The van der Waals surface area contributed by atoms with Gasteiger partial charge in [-0.3, -0.25) is 9.69 Å². The average molecular weight is 510 g/mol. The first-order valence-electron chi connectivity index (χ1n) is 11.5. The molecule has 1 amide bonds. The Morgan fingerprint density at radius 2 is 1.88 bits per heavy atom. The Morgan fingerprint density at radius 3 is 2.53 bits per heavy atom. The van der Waals surface area contributed by atoms with Crippen molar-refractivity contribution in [3.63, 3.8) is 0 Å². The predicted molar refractivity (Wildman–Crippen MR) is 136 cm³/mol. The second kappa shape index (κ2) is 12.1. The number of anilines is 1. The molecule has 0 aromatic heterocycles. The van der Waals surface area contributed by atoms with E-state index in [2.05, 4.69) is 27.7 Å². The maximum absolute atomic E-state index is 11.8. The van der Waals surface area contributed by atoms with Crippen LogP contribution in [0.25, 0.3) is 0 Å². The minimum atomic E-state index is -1.15. The van der Waals surface area contributed by atoms with Crippen LogP contribution < -0.4 is 15.4 Å². The SMILES string of the molecule is CCC(=O)Nc1cc(Cl)c(O)cc1OC[C@@](C)(O)CNC1CCN(Cc2ccc(Cl)cc2)CC1. The summed E-state index contributed by atoms with van der Waals surface area (Å²) in [5, 5.41) is 27.8. The lowest BCUT2D eigenvalue weighted by Crippen LogP contribution is -2.49. The molecule has 0 spiro atoms. The zero-order chi connectivity index (χ0) is 24.7. The first-order valence-corrected chi connectivity index (χ1v) is 12.3. The molecular weight excluding hydrogens is 477 g/mol. The summed E-state index contributed by atoms with van der Waals surface area (Å²) < 4.78 is 5.77. The summed E-state index contributed by atoms with van der Waals surface area (Å²) in [6.07, 6.45) is 2.27. The monoisotopic (exact) mass is 509 g/mol. The molecule has 1 saturated heterocycles. The number of nitrogens with one attached hydrogen (secondary N) is 2. The van der Waals surface area contributed by atoms with Crippen LogP contribution in [-0.2, 0) is 11.3 Å². The van der Waals surface area contributed by atoms with Crippen LogP contribution in [0.3, 0.4) is 0 Å². The zero-order valence-corrected chi connectivity index (χ0v) is 21.1. The molecule has 1 fully saturated rings. The fraction of sp³-hybridized carbons (Fsp3) is 0.480. The van der Waals surface area contributed by atoms with Gasteiger partial charge in [0, 0.05) is 36.6 Å². The van der Waals surface area contributed by atoms with E-state index in [9.17, 15) is 15.0 Å². The van der Waals surface area contributed by atoms with E-state index in [1.54, 1.807) is 13.8 Å². The summed E-state index contributed by atoms with van der Waals surface area (Å²) in [5.74, 6) is -0.115. The second-order valence-corrected chi connectivity index (χ2v) is 9.89. The van der Waals surface area contributed by atoms with Gasteiger partial charge < -0.3 is 25.6 Å². The fourth-order valence-corrected chi connectivity index (χ4v) is 4.08. The molecule has 3 rings (SSSR count). The lowest BCUT2D eigenvalue weighted by molar-refractivity contribution is -0.115. The molecule has 0 unspecified atom stereocenters. The van der Waals surface area contributed by atoms with Crippen molar-refractivity contribution in [2.24, 2.45) is 0 Å². The number of likely N-dealkylation sites (tertiary alicyclic amines) is 1. The standard InChI is InChI=1S/C25H33Cl2N3O4/c1-3-24(32)29-21-12-20(27)22(31)13-23(21)34-16-25(2,33)15-28-19-8-10-30(11-9-19)14-17-4-6-18(26)7-5-17/h4-7,12-13,19,28,31,33H,3,8-11,14-16H2,1-2H3,(H,29,32)/t25-/m0/s1. The third kappa shape index (κ3) is 8.03. The van der Waals surface area contributed by atoms with E-state index >= 15 is 0 Å². The van der Waals surface area contributed by atoms with E-state index < -0.39 is 5.60 Å². The zero-order valence-electron chi connectivity index (χ0n) is 19.6. The van der Waals surface area contributed by atoms with Gasteiger partial charge in [0.1, 0.15) is 23.7 Å². The molecule has 1 aliphatic heterocycles. The number of hydrogen-bond acceptors (Lipinski definition) is 6. The van der Waals surface area contributed by atoms with Crippen LogP contribution in [0.2, 0.25) is 10.0 Å². The van der Waals surface area contributed by atoms with Crippen LogP contribution in [0.5, 0.6) is 11.5 Å². The molecule has 0 saturated carbocycles. The van der Waals surface area contributed by atoms with Crippen molar-refractivity contribution in [1.82, 2.24) is 10.2 Å². The van der Waals surface area contributed by atoms with Crippen molar-refractivity contribution in [3.05, 3.63) is 52.0 Å². The molecule has 2 aromatic rings. The maximum Gasteiger partial charge on any atom is 0.224 e. The second-order valence-electron chi connectivity index (χ2n) is 9.04. The number of carbonyl (C=O) groups excluding carboxylic acids is 1. The number of amides is 1. The number of phenols is 1. The van der Waals surface area contributed by atoms with Crippen molar-refractivity contribution in [3.8, 4) is 11.5 Å². The molecule has 0 bridgehead atoms. The van der Waals surface area contributed by atoms with E-state index in [0.717, 1.165) is 37.5 Å². The molecule has 4 N–H and O–H groups in total. The van der Waals surface area contributed by atoms with Gasteiger partial charge in [0.05, 0.1) is 10.7 Å². The number of hydrogen-bond donors (Lipinski definition) is 4. The van der Waals surface area contributed by atoms with Gasteiger partial charge in [0.15, 0.2) is 0 Å². The maximum atomic E-state index is 11.8. The van der Waals surface area contributed by atoms with Crippen LogP contribution in [0.4, 0.5) is 5.69 Å². The highest BCUT2D eigenvalue weighted by Crippen LogP contribution is 2.36. The average Bonchev–Trinajstić information content (AvgIpc) is 2.81. The quantitative estimate of drug-likeness (QED) is 0.354. The molecule has 1 atom stereocenters. The summed E-state index contributed by atoms with van der Waals surface area (Å²) in [6, 6.07) is 11.0. The van der Waals surface area contributed by atoms with Gasteiger partial charge >= 0.3 is 0 Å². The first kappa shape index (κ1) is 26.6. The highest BCUT2D eigenvalue weighted by atomic mass is 35.5. The van der Waals surface area contributed by atoms with E-state index in [-0.39, 0.29) is 35.5 Å². The summed E-state index contributed by atoms with van der Waals surface area (Å²) in [4.78, 5) is 14.2. The normalized spacial score (nSPS) is 16.7. The van der Waals surface area contributed by atoms with E-state index in [4.69, 9.17) is 27.9 Å². The van der Waals surface area contributed by atoms with Crippen molar-refractivity contribution in [2.45, 2.75) is 51.3 Å². The van der Waals surface area contributed by atoms with Crippen molar-refractivity contribution in [1.29, 1.82) is 0 Å². The molecule has 2 aromatic carbocycles.